The van der Waals surface area contributed by atoms with E-state index in [1.165, 1.54) is 27.9 Å². The molecule has 9 heteroatoms. The van der Waals surface area contributed by atoms with Crippen LogP contribution in [0.3, 0.4) is 0 Å². The van der Waals surface area contributed by atoms with Crippen LogP contribution in [0, 0.1) is 5.82 Å². The van der Waals surface area contributed by atoms with Crippen LogP contribution in [0.1, 0.15) is 16.8 Å². The monoisotopic (exact) mass is 405 g/mol. The molecule has 0 radical (unpaired) electrons. The first-order valence-corrected chi connectivity index (χ1v) is 9.39. The molecule has 8 nitrogen and oxygen atoms in total. The summed E-state index contributed by atoms with van der Waals surface area (Å²) < 4.78 is 15.0. The standard InChI is InChI=1S/C21H16FN5O3/c22-15-4-7-18-14(10-15)11-17(20(28)23-18)19-12-26(25-24-19)16-5-2-13(3-6-16)21(29)27-8-1-9-30-27/h2-7,10-12H,1,8-9H2,(H,23,28). The van der Waals surface area contributed by atoms with Crippen molar-refractivity contribution >= 4 is 16.8 Å². The molecule has 1 amide bonds. The summed E-state index contributed by atoms with van der Waals surface area (Å²) in [5.74, 6) is -0.577. The van der Waals surface area contributed by atoms with E-state index in [0.29, 0.717) is 41.0 Å². The topological polar surface area (TPSA) is 93.1 Å². The van der Waals surface area contributed by atoms with Gasteiger partial charge in [-0.1, -0.05) is 5.21 Å². The van der Waals surface area contributed by atoms with E-state index in [1.807, 2.05) is 0 Å². The Hall–Kier alpha value is -3.85. The van der Waals surface area contributed by atoms with Crippen LogP contribution in [-0.4, -0.2) is 44.1 Å². The minimum absolute atomic E-state index is 0.187. The number of hydrogen-bond acceptors (Lipinski definition) is 5. The van der Waals surface area contributed by atoms with Gasteiger partial charge in [0, 0.05) is 16.5 Å². The second-order valence-corrected chi connectivity index (χ2v) is 6.93. The lowest BCUT2D eigenvalue weighted by Crippen LogP contribution is -2.26. The van der Waals surface area contributed by atoms with Gasteiger partial charge in [-0.2, -0.15) is 0 Å². The number of pyridine rings is 1. The summed E-state index contributed by atoms with van der Waals surface area (Å²) in [5, 5.41) is 10.1. The second kappa shape index (κ2) is 7.20. The van der Waals surface area contributed by atoms with Crippen molar-refractivity contribution in [3.8, 4) is 16.9 Å². The fourth-order valence-corrected chi connectivity index (χ4v) is 3.39. The molecule has 0 atom stereocenters. The zero-order chi connectivity index (χ0) is 20.7. The van der Waals surface area contributed by atoms with Gasteiger partial charge in [0.25, 0.3) is 11.5 Å². The SMILES string of the molecule is O=C(c1ccc(-n2cc(-c3cc4cc(F)ccc4[nH]c3=O)nn2)cc1)N1CCCO1. The third-order valence-electron chi connectivity index (χ3n) is 4.93. The summed E-state index contributed by atoms with van der Waals surface area (Å²) >= 11 is 0. The van der Waals surface area contributed by atoms with Gasteiger partial charge in [0.05, 0.1) is 30.6 Å². The smallest absolute Gasteiger partial charge is 0.277 e. The molecule has 0 aliphatic carbocycles. The lowest BCUT2D eigenvalue weighted by molar-refractivity contribution is -0.0768. The first-order valence-electron chi connectivity index (χ1n) is 9.39. The Morgan fingerprint density at radius 2 is 1.97 bits per heavy atom. The predicted molar refractivity (Wildman–Crippen MR) is 106 cm³/mol. The van der Waals surface area contributed by atoms with E-state index in [1.54, 1.807) is 36.5 Å². The largest absolute Gasteiger partial charge is 0.321 e. The van der Waals surface area contributed by atoms with E-state index >= 15 is 0 Å². The number of fused-ring (bicyclic) bond motifs is 1. The average molecular weight is 405 g/mol. The molecule has 2 aromatic carbocycles. The molecule has 4 aromatic rings. The van der Waals surface area contributed by atoms with Gasteiger partial charge in [-0.25, -0.2) is 14.1 Å². The molecule has 1 aliphatic heterocycles. The van der Waals surface area contributed by atoms with Crippen molar-refractivity contribution in [2.24, 2.45) is 0 Å². The molecule has 150 valence electrons. The average Bonchev–Trinajstić information content (AvgIpc) is 3.46. The van der Waals surface area contributed by atoms with Crippen molar-refractivity contribution in [3.05, 3.63) is 76.5 Å². The lowest BCUT2D eigenvalue weighted by Gasteiger charge is -2.13. The third kappa shape index (κ3) is 3.25. The van der Waals surface area contributed by atoms with E-state index in [0.717, 1.165) is 6.42 Å². The number of nitrogens with one attached hydrogen (secondary N) is 1. The number of carbonyl (C=O) groups is 1. The number of rotatable bonds is 3. The summed E-state index contributed by atoms with van der Waals surface area (Å²) in [4.78, 5) is 32.8. The van der Waals surface area contributed by atoms with Gasteiger partial charge in [0.1, 0.15) is 11.5 Å². The number of aromatic nitrogens is 4. The number of benzene rings is 2. The van der Waals surface area contributed by atoms with Crippen LogP contribution in [0.5, 0.6) is 0 Å². The number of halogens is 1. The molecule has 3 heterocycles. The normalized spacial score (nSPS) is 13.8. The van der Waals surface area contributed by atoms with Crippen molar-refractivity contribution < 1.29 is 14.0 Å². The van der Waals surface area contributed by atoms with Gasteiger partial charge in [-0.05, 0) is 55.0 Å². The first kappa shape index (κ1) is 18.2. The van der Waals surface area contributed by atoms with Crippen molar-refractivity contribution in [2.75, 3.05) is 13.2 Å². The predicted octanol–water partition coefficient (Wildman–Crippen LogP) is 2.69. The Morgan fingerprint density at radius 1 is 1.13 bits per heavy atom. The highest BCUT2D eigenvalue weighted by atomic mass is 19.1. The maximum Gasteiger partial charge on any atom is 0.277 e. The molecule has 0 saturated carbocycles. The highest BCUT2D eigenvalue weighted by molar-refractivity contribution is 5.93. The molecule has 30 heavy (non-hydrogen) atoms. The van der Waals surface area contributed by atoms with Crippen LogP contribution in [0.15, 0.2) is 59.5 Å². The number of hydroxylamine groups is 2. The summed E-state index contributed by atoms with van der Waals surface area (Å²) in [5.41, 5.74) is 2.03. The number of H-pyrrole nitrogens is 1. The van der Waals surface area contributed by atoms with Crippen LogP contribution < -0.4 is 5.56 Å². The zero-order valence-corrected chi connectivity index (χ0v) is 15.7. The Kier molecular flexibility index (Phi) is 4.36. The molecule has 0 unspecified atom stereocenters. The fourth-order valence-electron chi connectivity index (χ4n) is 3.39. The number of amides is 1. The number of carbonyl (C=O) groups excluding carboxylic acids is 1. The summed E-state index contributed by atoms with van der Waals surface area (Å²) in [6.07, 6.45) is 2.43. The van der Waals surface area contributed by atoms with Gasteiger partial charge in [0.2, 0.25) is 0 Å². The Labute approximate surface area is 169 Å². The molecule has 2 aromatic heterocycles. The van der Waals surface area contributed by atoms with Crippen molar-refractivity contribution in [1.82, 2.24) is 25.0 Å². The third-order valence-corrected chi connectivity index (χ3v) is 4.93. The van der Waals surface area contributed by atoms with E-state index in [2.05, 4.69) is 15.3 Å². The first-order chi connectivity index (χ1) is 14.6. The fraction of sp³-hybridized carbons (Fsp3) is 0.143. The van der Waals surface area contributed by atoms with Crippen molar-refractivity contribution in [3.63, 3.8) is 0 Å². The minimum atomic E-state index is -0.391. The van der Waals surface area contributed by atoms with Crippen LogP contribution in [0.25, 0.3) is 27.8 Å². The molecule has 0 bridgehead atoms. The van der Waals surface area contributed by atoms with Gasteiger partial charge >= 0.3 is 0 Å². The van der Waals surface area contributed by atoms with Crippen LogP contribution in [0.2, 0.25) is 0 Å². The number of aromatic amines is 1. The zero-order valence-electron chi connectivity index (χ0n) is 15.7. The highest BCUT2D eigenvalue weighted by Crippen LogP contribution is 2.20. The van der Waals surface area contributed by atoms with E-state index in [9.17, 15) is 14.0 Å². The number of nitrogens with zero attached hydrogens (tertiary/aromatic N) is 4. The molecule has 1 N–H and O–H groups in total. The molecule has 5 rings (SSSR count). The van der Waals surface area contributed by atoms with Crippen molar-refractivity contribution in [1.29, 1.82) is 0 Å². The van der Waals surface area contributed by atoms with Crippen LogP contribution in [-0.2, 0) is 4.84 Å². The molecule has 1 aliphatic rings. The highest BCUT2D eigenvalue weighted by Gasteiger charge is 2.21. The molecule has 1 fully saturated rings. The molecule has 1 saturated heterocycles. The minimum Gasteiger partial charge on any atom is -0.321 e. The van der Waals surface area contributed by atoms with Gasteiger partial charge in [0.15, 0.2) is 0 Å². The van der Waals surface area contributed by atoms with Crippen LogP contribution >= 0.6 is 0 Å². The quantitative estimate of drug-likeness (QED) is 0.566. The Morgan fingerprint density at radius 3 is 2.73 bits per heavy atom. The molecule has 0 spiro atoms. The molecular weight excluding hydrogens is 389 g/mol. The van der Waals surface area contributed by atoms with Gasteiger partial charge in [-0.3, -0.25) is 14.4 Å². The maximum atomic E-state index is 13.5. The number of hydrogen-bond donors (Lipinski definition) is 1. The Balaban J connectivity index is 1.44. The Bertz CT molecular complexity index is 1310. The van der Waals surface area contributed by atoms with E-state index in [-0.39, 0.29) is 17.0 Å². The summed E-state index contributed by atoms with van der Waals surface area (Å²) in [6, 6.07) is 12.6. The van der Waals surface area contributed by atoms with E-state index in [4.69, 9.17) is 4.84 Å². The summed E-state index contributed by atoms with van der Waals surface area (Å²) in [7, 11) is 0. The second-order valence-electron chi connectivity index (χ2n) is 6.93. The van der Waals surface area contributed by atoms with Gasteiger partial charge in [-0.15, -0.1) is 5.10 Å². The summed E-state index contributed by atoms with van der Waals surface area (Å²) in [6.45, 7) is 1.13. The van der Waals surface area contributed by atoms with Crippen LogP contribution in [0.4, 0.5) is 4.39 Å². The van der Waals surface area contributed by atoms with Gasteiger partial charge < -0.3 is 4.98 Å². The molecular formula is C21H16FN5O3. The maximum absolute atomic E-state index is 13.5. The van der Waals surface area contributed by atoms with E-state index < -0.39 is 5.82 Å². The van der Waals surface area contributed by atoms with Crippen molar-refractivity contribution in [2.45, 2.75) is 6.42 Å². The lowest BCUT2D eigenvalue weighted by atomic mass is 10.1.